The maximum absolute atomic E-state index is 12.6. The van der Waals surface area contributed by atoms with Crippen molar-refractivity contribution in [1.29, 1.82) is 0 Å². The van der Waals surface area contributed by atoms with Gasteiger partial charge in [0, 0.05) is 24.1 Å². The Kier molecular flexibility index (Phi) is 6.92. The van der Waals surface area contributed by atoms with Gasteiger partial charge in [0.15, 0.2) is 10.3 Å². The second-order valence-corrected chi connectivity index (χ2v) is 8.99. The maximum Gasteiger partial charge on any atom is 0.237 e. The van der Waals surface area contributed by atoms with Crippen LogP contribution in [-0.2, 0) is 17.6 Å². The van der Waals surface area contributed by atoms with Crippen molar-refractivity contribution < 1.29 is 4.79 Å². The summed E-state index contributed by atoms with van der Waals surface area (Å²) in [5.41, 5.74) is 3.75. The third-order valence-corrected chi connectivity index (χ3v) is 6.25. The Morgan fingerprint density at radius 1 is 1.14 bits per heavy atom. The monoisotopic (exact) mass is 428 g/mol. The molecule has 3 rings (SSSR count). The Morgan fingerprint density at radius 2 is 1.83 bits per heavy atom. The van der Waals surface area contributed by atoms with E-state index in [0.717, 1.165) is 33.6 Å². The van der Waals surface area contributed by atoms with Gasteiger partial charge in [0.05, 0.1) is 11.0 Å². The molecular weight excluding hydrogens is 404 g/mol. The van der Waals surface area contributed by atoms with Crippen molar-refractivity contribution >= 4 is 35.1 Å². The SMILES string of the molecule is Cc1cc(C)nc(SCc2nnc(SC(C)C(=O)Nc3ccccc3C)n2C)n1. The van der Waals surface area contributed by atoms with Gasteiger partial charge in [0.2, 0.25) is 5.91 Å². The normalized spacial score (nSPS) is 12.0. The molecule has 0 saturated carbocycles. The lowest BCUT2D eigenvalue weighted by Gasteiger charge is -2.13. The Labute approximate surface area is 179 Å². The van der Waals surface area contributed by atoms with E-state index in [2.05, 4.69) is 25.5 Å². The van der Waals surface area contributed by atoms with E-state index in [9.17, 15) is 4.79 Å². The highest BCUT2D eigenvalue weighted by Gasteiger charge is 2.19. The lowest BCUT2D eigenvalue weighted by atomic mass is 10.2. The Morgan fingerprint density at radius 3 is 2.52 bits per heavy atom. The first-order valence-electron chi connectivity index (χ1n) is 9.20. The number of amides is 1. The van der Waals surface area contributed by atoms with Crippen LogP contribution in [0.15, 0.2) is 40.6 Å². The first-order chi connectivity index (χ1) is 13.8. The van der Waals surface area contributed by atoms with Crippen molar-refractivity contribution in [2.75, 3.05) is 5.32 Å². The summed E-state index contributed by atoms with van der Waals surface area (Å²) in [5.74, 6) is 1.36. The molecule has 7 nitrogen and oxygen atoms in total. The van der Waals surface area contributed by atoms with E-state index in [-0.39, 0.29) is 11.2 Å². The van der Waals surface area contributed by atoms with E-state index in [4.69, 9.17) is 0 Å². The van der Waals surface area contributed by atoms with E-state index in [0.29, 0.717) is 10.9 Å². The van der Waals surface area contributed by atoms with Crippen LogP contribution in [0.3, 0.4) is 0 Å². The third kappa shape index (κ3) is 5.57. The van der Waals surface area contributed by atoms with Crippen molar-refractivity contribution in [3.63, 3.8) is 0 Å². The number of nitrogens with one attached hydrogen (secondary N) is 1. The summed E-state index contributed by atoms with van der Waals surface area (Å²) in [6.07, 6.45) is 0. The third-order valence-electron chi connectivity index (χ3n) is 4.27. The van der Waals surface area contributed by atoms with Crippen LogP contribution in [0.4, 0.5) is 5.69 Å². The van der Waals surface area contributed by atoms with Crippen LogP contribution in [0.5, 0.6) is 0 Å². The van der Waals surface area contributed by atoms with E-state index in [1.165, 1.54) is 23.5 Å². The molecule has 152 valence electrons. The summed E-state index contributed by atoms with van der Waals surface area (Å²) in [5, 5.41) is 12.6. The van der Waals surface area contributed by atoms with Crippen LogP contribution in [-0.4, -0.2) is 35.9 Å². The average molecular weight is 429 g/mol. The standard InChI is InChI=1S/C20H24N6OS2/c1-12-8-6-7-9-16(12)23-18(27)15(4)29-20-25-24-17(26(20)5)11-28-19-21-13(2)10-14(3)22-19/h6-10,15H,11H2,1-5H3,(H,23,27). The maximum atomic E-state index is 12.6. The molecule has 3 aromatic rings. The Bertz CT molecular complexity index is 1000. The molecule has 1 amide bonds. The Hall–Kier alpha value is -2.39. The van der Waals surface area contributed by atoms with Crippen LogP contribution in [0, 0.1) is 20.8 Å². The predicted molar refractivity (Wildman–Crippen MR) is 117 cm³/mol. The number of para-hydroxylation sites is 1. The first kappa shape index (κ1) is 21.3. The van der Waals surface area contributed by atoms with Crippen molar-refractivity contribution in [3.05, 3.63) is 53.1 Å². The molecule has 0 spiro atoms. The van der Waals surface area contributed by atoms with Gasteiger partial charge in [0.25, 0.3) is 0 Å². The molecule has 1 aromatic carbocycles. The van der Waals surface area contributed by atoms with E-state index in [1.54, 1.807) is 0 Å². The molecule has 0 saturated heterocycles. The van der Waals surface area contributed by atoms with Gasteiger partial charge in [-0.25, -0.2) is 9.97 Å². The molecule has 2 aromatic heterocycles. The molecule has 0 fully saturated rings. The highest BCUT2D eigenvalue weighted by molar-refractivity contribution is 8.00. The largest absolute Gasteiger partial charge is 0.325 e. The molecule has 0 aliphatic heterocycles. The Balaban J connectivity index is 1.61. The second kappa shape index (κ2) is 9.41. The molecule has 9 heteroatoms. The van der Waals surface area contributed by atoms with Crippen molar-refractivity contribution in [2.24, 2.45) is 7.05 Å². The molecule has 1 unspecified atom stereocenters. The van der Waals surface area contributed by atoms with Gasteiger partial charge in [-0.2, -0.15) is 0 Å². The smallest absolute Gasteiger partial charge is 0.237 e. The number of thioether (sulfide) groups is 2. The van der Waals surface area contributed by atoms with Crippen LogP contribution < -0.4 is 5.32 Å². The predicted octanol–water partition coefficient (Wildman–Crippen LogP) is 3.94. The minimum Gasteiger partial charge on any atom is -0.325 e. The first-order valence-corrected chi connectivity index (χ1v) is 11.1. The molecule has 0 bridgehead atoms. The lowest BCUT2D eigenvalue weighted by molar-refractivity contribution is -0.115. The van der Waals surface area contributed by atoms with Gasteiger partial charge in [-0.05, 0) is 45.4 Å². The van der Waals surface area contributed by atoms with Gasteiger partial charge in [-0.15, -0.1) is 10.2 Å². The minimum atomic E-state index is -0.305. The number of aromatic nitrogens is 5. The van der Waals surface area contributed by atoms with Crippen LogP contribution in [0.25, 0.3) is 0 Å². The average Bonchev–Trinajstić information content (AvgIpc) is 3.01. The summed E-state index contributed by atoms with van der Waals surface area (Å²) in [4.78, 5) is 21.4. The molecular formula is C20H24N6OS2. The summed E-state index contributed by atoms with van der Waals surface area (Å²) in [7, 11) is 1.91. The van der Waals surface area contributed by atoms with Crippen molar-refractivity contribution in [1.82, 2.24) is 24.7 Å². The van der Waals surface area contributed by atoms with Crippen LogP contribution in [0.1, 0.15) is 29.7 Å². The lowest BCUT2D eigenvalue weighted by Crippen LogP contribution is -2.23. The number of carbonyl (C=O) groups is 1. The van der Waals surface area contributed by atoms with Crippen LogP contribution in [0.2, 0.25) is 0 Å². The number of anilines is 1. The molecule has 1 N–H and O–H groups in total. The quantitative estimate of drug-likeness (QED) is 0.450. The summed E-state index contributed by atoms with van der Waals surface area (Å²) < 4.78 is 1.91. The van der Waals surface area contributed by atoms with Gasteiger partial charge in [-0.1, -0.05) is 41.7 Å². The molecule has 29 heavy (non-hydrogen) atoms. The molecule has 0 radical (unpaired) electrons. The minimum absolute atomic E-state index is 0.0631. The number of hydrogen-bond donors (Lipinski definition) is 1. The second-order valence-electron chi connectivity index (χ2n) is 6.74. The summed E-state index contributed by atoms with van der Waals surface area (Å²) in [6, 6.07) is 9.68. The number of carbonyl (C=O) groups excluding carboxylic acids is 1. The van der Waals surface area contributed by atoms with Crippen LogP contribution >= 0.6 is 23.5 Å². The van der Waals surface area contributed by atoms with E-state index >= 15 is 0 Å². The topological polar surface area (TPSA) is 85.6 Å². The highest BCUT2D eigenvalue weighted by atomic mass is 32.2. The van der Waals surface area contributed by atoms with Crippen molar-refractivity contribution in [2.45, 2.75) is 49.0 Å². The van der Waals surface area contributed by atoms with Crippen molar-refractivity contribution in [3.8, 4) is 0 Å². The zero-order valence-corrected chi connectivity index (χ0v) is 18.8. The fourth-order valence-corrected chi connectivity index (χ4v) is 4.38. The van der Waals surface area contributed by atoms with Gasteiger partial charge in [-0.3, -0.25) is 4.79 Å². The number of nitrogens with zero attached hydrogens (tertiary/aromatic N) is 5. The molecule has 0 aliphatic carbocycles. The number of rotatable bonds is 7. The van der Waals surface area contributed by atoms with Gasteiger partial charge >= 0.3 is 0 Å². The summed E-state index contributed by atoms with van der Waals surface area (Å²) >= 11 is 2.91. The summed E-state index contributed by atoms with van der Waals surface area (Å²) in [6.45, 7) is 7.75. The van der Waals surface area contributed by atoms with E-state index < -0.39 is 0 Å². The zero-order chi connectivity index (χ0) is 21.0. The highest BCUT2D eigenvalue weighted by Crippen LogP contribution is 2.25. The zero-order valence-electron chi connectivity index (χ0n) is 17.1. The van der Waals surface area contributed by atoms with E-state index in [1.807, 2.05) is 69.6 Å². The molecule has 0 aliphatic rings. The van der Waals surface area contributed by atoms with Gasteiger partial charge < -0.3 is 9.88 Å². The van der Waals surface area contributed by atoms with Gasteiger partial charge in [0.1, 0.15) is 5.82 Å². The number of aryl methyl sites for hydroxylation is 3. The fourth-order valence-electron chi connectivity index (χ4n) is 2.62. The molecule has 2 heterocycles. The number of benzene rings is 1. The molecule has 1 atom stereocenters. The number of hydrogen-bond acceptors (Lipinski definition) is 7. The fraction of sp³-hybridized carbons (Fsp3) is 0.350.